The third-order valence-corrected chi connectivity index (χ3v) is 3.37. The van der Waals surface area contributed by atoms with Gasteiger partial charge in [-0.2, -0.15) is 0 Å². The van der Waals surface area contributed by atoms with Crippen LogP contribution in [0.5, 0.6) is 0 Å². The highest BCUT2D eigenvalue weighted by Crippen LogP contribution is 2.26. The number of ether oxygens (including phenoxy) is 1. The normalized spacial score (nSPS) is 10.9. The van der Waals surface area contributed by atoms with Gasteiger partial charge in [-0.15, -0.1) is 10.2 Å². The number of amides is 1. The monoisotopic (exact) mass is 362 g/mol. The Morgan fingerprint density at radius 2 is 1.84 bits per heavy atom. The molecule has 0 fully saturated rings. The third-order valence-electron chi connectivity index (χ3n) is 3.04. The molecule has 0 aliphatic heterocycles. The molecule has 7 nitrogen and oxygen atoms in total. The van der Waals surface area contributed by atoms with Crippen LogP contribution in [0.4, 0.5) is 11.5 Å². The molecule has 25 heavy (non-hydrogen) atoms. The second kappa shape index (κ2) is 7.48. The van der Waals surface area contributed by atoms with Crippen LogP contribution in [-0.4, -0.2) is 34.7 Å². The van der Waals surface area contributed by atoms with Gasteiger partial charge in [-0.05, 0) is 51.1 Å². The average Bonchev–Trinajstić information content (AvgIpc) is 2.55. The van der Waals surface area contributed by atoms with Crippen LogP contribution in [0.25, 0.3) is 0 Å². The van der Waals surface area contributed by atoms with Crippen molar-refractivity contribution in [2.24, 2.45) is 0 Å². The molecule has 0 bridgehead atoms. The molecule has 2 aromatic rings. The molecule has 0 unspecified atom stereocenters. The van der Waals surface area contributed by atoms with Gasteiger partial charge in [0.25, 0.3) is 5.91 Å². The highest BCUT2D eigenvalue weighted by molar-refractivity contribution is 6.33. The fraction of sp³-hybridized carbons (Fsp3) is 0.294. The van der Waals surface area contributed by atoms with Crippen LogP contribution in [0.2, 0.25) is 5.02 Å². The zero-order valence-electron chi connectivity index (χ0n) is 14.4. The average molecular weight is 363 g/mol. The van der Waals surface area contributed by atoms with E-state index in [4.69, 9.17) is 11.6 Å². The van der Waals surface area contributed by atoms with Crippen molar-refractivity contribution in [2.45, 2.75) is 26.3 Å². The van der Waals surface area contributed by atoms with Crippen molar-refractivity contribution in [3.05, 3.63) is 46.6 Å². The van der Waals surface area contributed by atoms with Gasteiger partial charge in [0.15, 0.2) is 11.5 Å². The molecular formula is C17H19ClN4O3. The van der Waals surface area contributed by atoms with Gasteiger partial charge in [-0.25, -0.2) is 4.79 Å². The predicted octanol–water partition coefficient (Wildman–Crippen LogP) is 3.19. The molecule has 0 radical (unpaired) electrons. The highest BCUT2D eigenvalue weighted by Gasteiger charge is 2.17. The molecule has 0 aliphatic carbocycles. The second-order valence-electron chi connectivity index (χ2n) is 6.32. The van der Waals surface area contributed by atoms with E-state index in [1.807, 2.05) is 20.8 Å². The van der Waals surface area contributed by atoms with Crippen molar-refractivity contribution in [1.82, 2.24) is 15.5 Å². The number of anilines is 2. The quantitative estimate of drug-likeness (QED) is 0.811. The number of hydrogen-bond acceptors (Lipinski definition) is 6. The minimum Gasteiger partial charge on any atom is -0.465 e. The van der Waals surface area contributed by atoms with Crippen LogP contribution in [0.15, 0.2) is 30.3 Å². The van der Waals surface area contributed by atoms with Crippen molar-refractivity contribution in [2.75, 3.05) is 12.4 Å². The van der Waals surface area contributed by atoms with E-state index in [1.54, 1.807) is 30.3 Å². The van der Waals surface area contributed by atoms with Crippen molar-refractivity contribution in [3.8, 4) is 0 Å². The number of rotatable bonds is 4. The summed E-state index contributed by atoms with van der Waals surface area (Å²) < 4.78 is 4.68. The van der Waals surface area contributed by atoms with Gasteiger partial charge in [-0.3, -0.25) is 4.79 Å². The zero-order chi connectivity index (χ0) is 18.6. The van der Waals surface area contributed by atoms with E-state index < -0.39 is 5.97 Å². The van der Waals surface area contributed by atoms with Gasteiger partial charge in [-0.1, -0.05) is 11.6 Å². The molecule has 1 amide bonds. The van der Waals surface area contributed by atoms with Crippen LogP contribution in [0.3, 0.4) is 0 Å². The molecule has 1 heterocycles. The predicted molar refractivity (Wildman–Crippen MR) is 95.3 cm³/mol. The first kappa shape index (κ1) is 18.7. The lowest BCUT2D eigenvalue weighted by Crippen LogP contribution is -2.41. The minimum atomic E-state index is -0.472. The summed E-state index contributed by atoms with van der Waals surface area (Å²) in [6.07, 6.45) is 0. The van der Waals surface area contributed by atoms with E-state index in [-0.39, 0.29) is 17.1 Å². The fourth-order valence-electron chi connectivity index (χ4n) is 1.93. The van der Waals surface area contributed by atoms with E-state index >= 15 is 0 Å². The van der Waals surface area contributed by atoms with E-state index in [2.05, 4.69) is 25.6 Å². The van der Waals surface area contributed by atoms with Crippen LogP contribution in [0.1, 0.15) is 41.6 Å². The lowest BCUT2D eigenvalue weighted by Gasteiger charge is -2.19. The molecule has 1 aromatic carbocycles. The summed E-state index contributed by atoms with van der Waals surface area (Å²) in [7, 11) is 1.30. The molecule has 0 aliphatic rings. The molecule has 8 heteroatoms. The smallest absolute Gasteiger partial charge is 0.337 e. The number of carbonyl (C=O) groups excluding carboxylic acids is 2. The maximum atomic E-state index is 12.0. The Bertz CT molecular complexity index is 785. The topological polar surface area (TPSA) is 93.2 Å². The Hall–Kier alpha value is -2.67. The molecule has 132 valence electrons. The summed E-state index contributed by atoms with van der Waals surface area (Å²) in [6.45, 7) is 5.64. The van der Waals surface area contributed by atoms with Gasteiger partial charge in [0.05, 0.1) is 23.4 Å². The van der Waals surface area contributed by atoms with Crippen molar-refractivity contribution < 1.29 is 14.3 Å². The zero-order valence-corrected chi connectivity index (χ0v) is 15.1. The number of aromatic nitrogens is 2. The van der Waals surface area contributed by atoms with Gasteiger partial charge in [0.1, 0.15) is 0 Å². The molecule has 0 saturated heterocycles. The van der Waals surface area contributed by atoms with E-state index in [1.165, 1.54) is 7.11 Å². The first-order valence-corrected chi connectivity index (χ1v) is 7.88. The summed E-state index contributed by atoms with van der Waals surface area (Å²) in [5.74, 6) is -0.395. The summed E-state index contributed by atoms with van der Waals surface area (Å²) in [4.78, 5) is 23.6. The lowest BCUT2D eigenvalue weighted by atomic mass is 10.1. The van der Waals surface area contributed by atoms with Crippen LogP contribution in [-0.2, 0) is 4.74 Å². The minimum absolute atomic E-state index is 0.204. The largest absolute Gasteiger partial charge is 0.465 e. The summed E-state index contributed by atoms with van der Waals surface area (Å²) in [6, 6.07) is 7.84. The number of benzene rings is 1. The number of nitrogens with one attached hydrogen (secondary N) is 2. The fourth-order valence-corrected chi connectivity index (χ4v) is 2.09. The van der Waals surface area contributed by atoms with Crippen molar-refractivity contribution >= 4 is 35.0 Å². The number of nitrogens with zero attached hydrogens (tertiary/aromatic N) is 2. The van der Waals surface area contributed by atoms with Crippen LogP contribution >= 0.6 is 11.6 Å². The molecule has 1 aromatic heterocycles. The molecule has 0 spiro atoms. The number of halogens is 1. The number of methoxy groups -OCH3 is 1. The van der Waals surface area contributed by atoms with Gasteiger partial charge in [0, 0.05) is 5.54 Å². The summed E-state index contributed by atoms with van der Waals surface area (Å²) in [5.41, 5.74) is 0.668. The van der Waals surface area contributed by atoms with Crippen LogP contribution in [0, 0.1) is 0 Å². The van der Waals surface area contributed by atoms with E-state index in [0.717, 1.165) is 0 Å². The van der Waals surface area contributed by atoms with Gasteiger partial charge < -0.3 is 15.4 Å². The first-order valence-electron chi connectivity index (χ1n) is 7.51. The molecular weight excluding hydrogens is 344 g/mol. The second-order valence-corrected chi connectivity index (χ2v) is 6.73. The van der Waals surface area contributed by atoms with E-state index in [0.29, 0.717) is 22.1 Å². The molecule has 0 saturated carbocycles. The molecule has 2 N–H and O–H groups in total. The van der Waals surface area contributed by atoms with Crippen molar-refractivity contribution in [1.29, 1.82) is 0 Å². The maximum Gasteiger partial charge on any atom is 0.337 e. The Kier molecular flexibility index (Phi) is 5.58. The van der Waals surface area contributed by atoms with E-state index in [9.17, 15) is 9.59 Å². The third kappa shape index (κ3) is 5.15. The Balaban J connectivity index is 2.16. The number of carbonyl (C=O) groups is 2. The molecule has 2 rings (SSSR count). The van der Waals surface area contributed by atoms with Crippen LogP contribution < -0.4 is 10.6 Å². The lowest BCUT2D eigenvalue weighted by molar-refractivity contribution is 0.0600. The standard InChI is InChI=1S/C17H19ClN4O3/c1-17(2,3)20-15(23)12-7-8-14(22-21-12)19-13-9-10(16(24)25-4)5-6-11(13)18/h5-9H,1-4H3,(H,19,22)(H,20,23). The Morgan fingerprint density at radius 1 is 1.12 bits per heavy atom. The maximum absolute atomic E-state index is 12.0. The highest BCUT2D eigenvalue weighted by atomic mass is 35.5. The summed E-state index contributed by atoms with van der Waals surface area (Å²) >= 11 is 6.12. The Labute approximate surface area is 150 Å². The SMILES string of the molecule is COC(=O)c1ccc(Cl)c(Nc2ccc(C(=O)NC(C)(C)C)nn2)c1. The summed E-state index contributed by atoms with van der Waals surface area (Å²) in [5, 5.41) is 14.0. The Morgan fingerprint density at radius 3 is 2.40 bits per heavy atom. The number of hydrogen-bond donors (Lipinski definition) is 2. The number of esters is 1. The van der Waals surface area contributed by atoms with Gasteiger partial charge in [0.2, 0.25) is 0 Å². The molecule has 0 atom stereocenters. The van der Waals surface area contributed by atoms with Gasteiger partial charge >= 0.3 is 5.97 Å². The first-order chi connectivity index (χ1) is 11.7. The van der Waals surface area contributed by atoms with Crippen molar-refractivity contribution in [3.63, 3.8) is 0 Å².